The third kappa shape index (κ3) is 4.21. The topological polar surface area (TPSA) is 69.6 Å². The highest BCUT2D eigenvalue weighted by Gasteiger charge is 2.33. The number of carboxylic acid groups (broad SMARTS) is 1. The summed E-state index contributed by atoms with van der Waals surface area (Å²) in [5, 5.41) is 11.9. The first-order valence-electron chi connectivity index (χ1n) is 7.29. The second-order valence-corrected chi connectivity index (χ2v) is 5.72. The fourth-order valence-electron chi connectivity index (χ4n) is 2.38. The van der Waals surface area contributed by atoms with Crippen molar-refractivity contribution in [3.63, 3.8) is 0 Å². The molecule has 1 aromatic rings. The zero-order chi connectivity index (χ0) is 15.4. The lowest BCUT2D eigenvalue weighted by molar-refractivity contribution is -0.139. The first-order valence-corrected chi connectivity index (χ1v) is 7.29. The van der Waals surface area contributed by atoms with E-state index in [0.29, 0.717) is 5.92 Å². The lowest BCUT2D eigenvalue weighted by Crippen LogP contribution is -2.50. The predicted molar refractivity (Wildman–Crippen MR) is 80.1 cm³/mol. The minimum atomic E-state index is -1.01. The minimum absolute atomic E-state index is 0.149. The van der Waals surface area contributed by atoms with Crippen molar-refractivity contribution in [2.75, 3.05) is 7.05 Å². The highest BCUT2D eigenvalue weighted by atomic mass is 16.4. The quantitative estimate of drug-likeness (QED) is 0.843. The molecule has 0 heterocycles. The maximum atomic E-state index is 12.2. The summed E-state index contributed by atoms with van der Waals surface area (Å²) in [6.45, 7) is 2.00. The van der Waals surface area contributed by atoms with Gasteiger partial charge >= 0.3 is 12.0 Å². The Kier molecular flexibility index (Phi) is 4.83. The van der Waals surface area contributed by atoms with Crippen molar-refractivity contribution in [2.24, 2.45) is 5.92 Å². The van der Waals surface area contributed by atoms with Crippen molar-refractivity contribution in [1.82, 2.24) is 10.2 Å². The molecule has 1 fully saturated rings. The lowest BCUT2D eigenvalue weighted by atomic mass is 10.1. The van der Waals surface area contributed by atoms with E-state index in [9.17, 15) is 14.7 Å². The van der Waals surface area contributed by atoms with E-state index < -0.39 is 12.0 Å². The molecule has 0 bridgehead atoms. The van der Waals surface area contributed by atoms with E-state index >= 15 is 0 Å². The molecule has 0 radical (unpaired) electrons. The highest BCUT2D eigenvalue weighted by Crippen LogP contribution is 2.34. The van der Waals surface area contributed by atoms with Gasteiger partial charge < -0.3 is 15.3 Å². The summed E-state index contributed by atoms with van der Waals surface area (Å²) < 4.78 is 0. The van der Waals surface area contributed by atoms with Gasteiger partial charge in [-0.25, -0.2) is 9.59 Å². The number of hydrogen-bond acceptors (Lipinski definition) is 2. The average Bonchev–Trinajstić information content (AvgIpc) is 3.30. The minimum Gasteiger partial charge on any atom is -0.480 e. The number of nitrogens with zero attached hydrogens (tertiary/aromatic N) is 1. The van der Waals surface area contributed by atoms with Gasteiger partial charge in [0.05, 0.1) is 0 Å². The van der Waals surface area contributed by atoms with Crippen LogP contribution in [0, 0.1) is 5.92 Å². The summed E-state index contributed by atoms with van der Waals surface area (Å²) in [5.41, 5.74) is 0.892. The van der Waals surface area contributed by atoms with E-state index in [0.717, 1.165) is 18.4 Å². The molecule has 1 saturated carbocycles. The lowest BCUT2D eigenvalue weighted by Gasteiger charge is -2.27. The number of nitrogens with one attached hydrogen (secondary N) is 1. The highest BCUT2D eigenvalue weighted by molar-refractivity contribution is 5.82. The molecule has 0 spiro atoms. The third-order valence-corrected chi connectivity index (χ3v) is 4.11. The van der Waals surface area contributed by atoms with E-state index in [1.165, 1.54) is 0 Å². The number of aliphatic carboxylic acids is 1. The zero-order valence-electron chi connectivity index (χ0n) is 12.5. The van der Waals surface area contributed by atoms with Crippen molar-refractivity contribution in [3.05, 3.63) is 35.9 Å². The van der Waals surface area contributed by atoms with Crippen LogP contribution in [-0.2, 0) is 11.2 Å². The molecule has 21 heavy (non-hydrogen) atoms. The molecule has 1 unspecified atom stereocenters. The van der Waals surface area contributed by atoms with Gasteiger partial charge in [0, 0.05) is 19.5 Å². The molecule has 1 aliphatic rings. The number of hydrogen-bond donors (Lipinski definition) is 2. The number of rotatable bonds is 6. The number of urea groups is 1. The van der Waals surface area contributed by atoms with E-state index in [-0.39, 0.29) is 18.5 Å². The van der Waals surface area contributed by atoms with Crippen LogP contribution in [0.3, 0.4) is 0 Å². The summed E-state index contributed by atoms with van der Waals surface area (Å²) in [5.74, 6) is -0.460. The molecular formula is C16H22N2O3. The van der Waals surface area contributed by atoms with Crippen molar-refractivity contribution in [1.29, 1.82) is 0 Å². The molecule has 1 aromatic carbocycles. The molecule has 5 heteroatoms. The molecule has 2 amide bonds. The maximum Gasteiger partial charge on any atom is 0.326 e. The second kappa shape index (κ2) is 6.61. The molecule has 0 aromatic heterocycles. The van der Waals surface area contributed by atoms with Crippen LogP contribution < -0.4 is 5.32 Å². The molecule has 2 N–H and O–H groups in total. The molecule has 2 atom stereocenters. The van der Waals surface area contributed by atoms with Gasteiger partial charge in [-0.3, -0.25) is 0 Å². The molecular weight excluding hydrogens is 268 g/mol. The van der Waals surface area contributed by atoms with Crippen LogP contribution in [0.1, 0.15) is 25.3 Å². The smallest absolute Gasteiger partial charge is 0.326 e. The Hall–Kier alpha value is -2.04. The van der Waals surface area contributed by atoms with Crippen LogP contribution >= 0.6 is 0 Å². The largest absolute Gasteiger partial charge is 0.480 e. The fraction of sp³-hybridized carbons (Fsp3) is 0.500. The predicted octanol–water partition coefficient (Wildman–Crippen LogP) is 2.12. The van der Waals surface area contributed by atoms with Crippen LogP contribution in [0.15, 0.2) is 30.3 Å². The van der Waals surface area contributed by atoms with Gasteiger partial charge in [0.25, 0.3) is 0 Å². The first kappa shape index (κ1) is 15.4. The Labute approximate surface area is 125 Å². The van der Waals surface area contributed by atoms with Crippen molar-refractivity contribution < 1.29 is 14.7 Å². The summed E-state index contributed by atoms with van der Waals surface area (Å²) >= 11 is 0. The number of carboxylic acids is 1. The van der Waals surface area contributed by atoms with Gasteiger partial charge in [0.15, 0.2) is 0 Å². The van der Waals surface area contributed by atoms with E-state index in [4.69, 9.17) is 0 Å². The molecule has 0 aliphatic heterocycles. The first-order chi connectivity index (χ1) is 9.99. The Morgan fingerprint density at radius 3 is 2.48 bits per heavy atom. The normalized spacial score (nSPS) is 16.9. The standard InChI is InChI=1S/C16H22N2O3/c1-11(13-8-9-13)18(2)16(21)17-14(15(19)20)10-12-6-4-3-5-7-12/h3-7,11,13-14H,8-10H2,1-2H3,(H,17,21)(H,19,20)/t11?,14-/m0/s1. The Morgan fingerprint density at radius 2 is 1.95 bits per heavy atom. The van der Waals surface area contributed by atoms with Crippen molar-refractivity contribution in [3.8, 4) is 0 Å². The van der Waals surface area contributed by atoms with Gasteiger partial charge in [0.2, 0.25) is 0 Å². The average molecular weight is 290 g/mol. The van der Waals surface area contributed by atoms with E-state index in [2.05, 4.69) is 5.32 Å². The van der Waals surface area contributed by atoms with Crippen LogP contribution in [0.4, 0.5) is 4.79 Å². The maximum absolute atomic E-state index is 12.2. The Balaban J connectivity index is 1.95. The monoisotopic (exact) mass is 290 g/mol. The number of amides is 2. The van der Waals surface area contributed by atoms with Gasteiger partial charge in [-0.2, -0.15) is 0 Å². The third-order valence-electron chi connectivity index (χ3n) is 4.11. The van der Waals surface area contributed by atoms with Gasteiger partial charge in [0.1, 0.15) is 6.04 Å². The number of benzene rings is 1. The van der Waals surface area contributed by atoms with Crippen LogP contribution in [-0.4, -0.2) is 41.1 Å². The van der Waals surface area contributed by atoms with Gasteiger partial charge in [-0.1, -0.05) is 30.3 Å². The summed E-state index contributed by atoms with van der Waals surface area (Å²) in [7, 11) is 1.72. The van der Waals surface area contributed by atoms with Crippen LogP contribution in [0.2, 0.25) is 0 Å². The molecule has 2 rings (SSSR count). The SMILES string of the molecule is CC(C1CC1)N(C)C(=O)N[C@@H](Cc1ccccc1)C(=O)O. The van der Waals surface area contributed by atoms with E-state index in [1.807, 2.05) is 37.3 Å². The number of carbonyl (C=O) groups is 2. The zero-order valence-corrected chi connectivity index (χ0v) is 12.5. The number of carbonyl (C=O) groups excluding carboxylic acids is 1. The molecule has 1 aliphatic carbocycles. The van der Waals surface area contributed by atoms with Gasteiger partial charge in [-0.05, 0) is 31.2 Å². The summed E-state index contributed by atoms with van der Waals surface area (Å²) in [6.07, 6.45) is 2.57. The van der Waals surface area contributed by atoms with Crippen LogP contribution in [0.25, 0.3) is 0 Å². The molecule has 0 saturated heterocycles. The van der Waals surface area contributed by atoms with Crippen molar-refractivity contribution in [2.45, 2.75) is 38.3 Å². The second-order valence-electron chi connectivity index (χ2n) is 5.72. The Bertz CT molecular complexity index is 500. The Morgan fingerprint density at radius 1 is 1.33 bits per heavy atom. The molecule has 5 nitrogen and oxygen atoms in total. The summed E-state index contributed by atoms with van der Waals surface area (Å²) in [6, 6.07) is 8.23. The van der Waals surface area contributed by atoms with Crippen molar-refractivity contribution >= 4 is 12.0 Å². The molecule has 114 valence electrons. The van der Waals surface area contributed by atoms with Gasteiger partial charge in [-0.15, -0.1) is 0 Å². The summed E-state index contributed by atoms with van der Waals surface area (Å²) in [4.78, 5) is 25.1. The fourth-order valence-corrected chi connectivity index (χ4v) is 2.38. The van der Waals surface area contributed by atoms with Crippen LogP contribution in [0.5, 0.6) is 0 Å². The van der Waals surface area contributed by atoms with E-state index in [1.54, 1.807) is 11.9 Å².